The number of nitrogens with zero attached hydrogens (tertiary/aromatic N) is 5. The summed E-state index contributed by atoms with van der Waals surface area (Å²) >= 11 is 0. The normalized spacial score (nSPS) is 20.5. The molecule has 2 aliphatic rings. The van der Waals surface area contributed by atoms with Gasteiger partial charge in [0.15, 0.2) is 0 Å². The maximum atomic E-state index is 12.8. The molecule has 1 unspecified atom stereocenters. The molecule has 1 aromatic carbocycles. The van der Waals surface area contributed by atoms with E-state index in [0.717, 1.165) is 64.6 Å². The SMILES string of the molecule is Cc1cccc(CN2CCN(C(=O)NC3CCCN(c4ncccn4)C3)CC2)c1. The van der Waals surface area contributed by atoms with Gasteiger partial charge in [-0.2, -0.15) is 0 Å². The Bertz CT molecular complexity index is 806. The highest BCUT2D eigenvalue weighted by atomic mass is 16.2. The third-order valence-electron chi connectivity index (χ3n) is 5.73. The zero-order chi connectivity index (χ0) is 20.1. The number of rotatable bonds is 4. The molecule has 4 rings (SSSR count). The highest BCUT2D eigenvalue weighted by molar-refractivity contribution is 5.74. The molecule has 2 aromatic rings. The summed E-state index contributed by atoms with van der Waals surface area (Å²) in [4.78, 5) is 28.0. The Hall–Kier alpha value is -2.67. The Morgan fingerprint density at radius 1 is 1.10 bits per heavy atom. The van der Waals surface area contributed by atoms with Crippen LogP contribution in [0.5, 0.6) is 0 Å². The number of nitrogens with one attached hydrogen (secondary N) is 1. The lowest BCUT2D eigenvalue weighted by Crippen LogP contribution is -2.56. The van der Waals surface area contributed by atoms with E-state index in [1.54, 1.807) is 12.4 Å². The molecule has 3 heterocycles. The summed E-state index contributed by atoms with van der Waals surface area (Å²) in [5.74, 6) is 0.746. The second-order valence-electron chi connectivity index (χ2n) is 8.04. The van der Waals surface area contributed by atoms with Gasteiger partial charge in [-0.25, -0.2) is 14.8 Å². The van der Waals surface area contributed by atoms with Crippen LogP contribution in [0.2, 0.25) is 0 Å². The van der Waals surface area contributed by atoms with Crippen molar-refractivity contribution in [2.75, 3.05) is 44.2 Å². The monoisotopic (exact) mass is 394 g/mol. The topological polar surface area (TPSA) is 64.6 Å². The third kappa shape index (κ3) is 5.23. The standard InChI is InChI=1S/C22H30N6O/c1-18-5-2-6-19(15-18)16-26-11-13-27(14-12-26)22(29)25-20-7-3-10-28(17-20)21-23-8-4-9-24-21/h2,4-6,8-9,15,20H,3,7,10-14,16-17H2,1H3,(H,25,29). The number of carbonyl (C=O) groups is 1. The van der Waals surface area contributed by atoms with Crippen LogP contribution in [0.4, 0.5) is 10.7 Å². The molecule has 0 spiro atoms. The molecule has 1 aromatic heterocycles. The van der Waals surface area contributed by atoms with Crippen LogP contribution in [0, 0.1) is 6.92 Å². The maximum absolute atomic E-state index is 12.8. The Kier molecular flexibility index (Phi) is 6.24. The van der Waals surface area contributed by atoms with Gasteiger partial charge in [-0.15, -0.1) is 0 Å². The molecule has 7 heteroatoms. The highest BCUT2D eigenvalue weighted by Crippen LogP contribution is 2.16. The van der Waals surface area contributed by atoms with Gasteiger partial charge in [0.25, 0.3) is 0 Å². The first-order valence-electron chi connectivity index (χ1n) is 10.5. The second-order valence-corrected chi connectivity index (χ2v) is 8.04. The van der Waals surface area contributed by atoms with Gasteiger partial charge in [0.1, 0.15) is 0 Å². The van der Waals surface area contributed by atoms with Gasteiger partial charge >= 0.3 is 6.03 Å². The minimum atomic E-state index is 0.0565. The van der Waals surface area contributed by atoms with Crippen molar-refractivity contribution in [3.8, 4) is 0 Å². The fraction of sp³-hybridized carbons (Fsp3) is 0.500. The van der Waals surface area contributed by atoms with E-state index in [0.29, 0.717) is 0 Å². The average molecular weight is 395 g/mol. The molecule has 7 nitrogen and oxygen atoms in total. The molecule has 1 N–H and O–H groups in total. The lowest BCUT2D eigenvalue weighted by Gasteiger charge is -2.37. The van der Waals surface area contributed by atoms with Crippen LogP contribution < -0.4 is 10.2 Å². The predicted molar refractivity (Wildman–Crippen MR) is 114 cm³/mol. The number of benzene rings is 1. The fourth-order valence-electron chi connectivity index (χ4n) is 4.17. The Balaban J connectivity index is 1.24. The maximum Gasteiger partial charge on any atom is 0.317 e. The fourth-order valence-corrected chi connectivity index (χ4v) is 4.17. The van der Waals surface area contributed by atoms with Gasteiger partial charge in [0, 0.05) is 64.2 Å². The summed E-state index contributed by atoms with van der Waals surface area (Å²) in [5, 5.41) is 3.23. The smallest absolute Gasteiger partial charge is 0.317 e. The van der Waals surface area contributed by atoms with Crippen molar-refractivity contribution in [3.05, 3.63) is 53.9 Å². The zero-order valence-corrected chi connectivity index (χ0v) is 17.1. The van der Waals surface area contributed by atoms with Crippen molar-refractivity contribution < 1.29 is 4.79 Å². The van der Waals surface area contributed by atoms with E-state index < -0.39 is 0 Å². The number of amides is 2. The Morgan fingerprint density at radius 2 is 1.90 bits per heavy atom. The molecule has 0 aliphatic carbocycles. The molecule has 154 valence electrons. The molecule has 1 atom stereocenters. The molecule has 2 fully saturated rings. The van der Waals surface area contributed by atoms with Crippen molar-refractivity contribution in [1.29, 1.82) is 0 Å². The Morgan fingerprint density at radius 3 is 2.66 bits per heavy atom. The third-order valence-corrected chi connectivity index (χ3v) is 5.73. The van der Waals surface area contributed by atoms with Crippen molar-refractivity contribution >= 4 is 12.0 Å². The van der Waals surface area contributed by atoms with Gasteiger partial charge in [-0.05, 0) is 31.4 Å². The first-order valence-corrected chi connectivity index (χ1v) is 10.5. The first-order chi connectivity index (χ1) is 14.2. The van der Waals surface area contributed by atoms with Crippen LogP contribution in [-0.2, 0) is 6.54 Å². The van der Waals surface area contributed by atoms with Crippen LogP contribution in [-0.4, -0.2) is 71.1 Å². The molecule has 2 saturated heterocycles. The minimum absolute atomic E-state index is 0.0565. The number of carbonyl (C=O) groups excluding carboxylic acids is 1. The number of anilines is 1. The minimum Gasteiger partial charge on any atom is -0.339 e. The highest BCUT2D eigenvalue weighted by Gasteiger charge is 2.26. The zero-order valence-electron chi connectivity index (χ0n) is 17.1. The lowest BCUT2D eigenvalue weighted by molar-refractivity contribution is 0.132. The van der Waals surface area contributed by atoms with E-state index in [1.807, 2.05) is 11.0 Å². The predicted octanol–water partition coefficient (Wildman–Crippen LogP) is 2.28. The summed E-state index contributed by atoms with van der Waals surface area (Å²) in [7, 11) is 0. The lowest BCUT2D eigenvalue weighted by atomic mass is 10.1. The van der Waals surface area contributed by atoms with Gasteiger partial charge in [-0.3, -0.25) is 4.90 Å². The molecule has 2 aliphatic heterocycles. The largest absolute Gasteiger partial charge is 0.339 e. The summed E-state index contributed by atoms with van der Waals surface area (Å²) in [6.07, 6.45) is 5.57. The first kappa shape index (κ1) is 19.6. The van der Waals surface area contributed by atoms with Crippen molar-refractivity contribution in [2.24, 2.45) is 0 Å². The van der Waals surface area contributed by atoms with Crippen LogP contribution >= 0.6 is 0 Å². The molecule has 0 radical (unpaired) electrons. The van der Waals surface area contributed by atoms with Crippen LogP contribution in [0.3, 0.4) is 0 Å². The van der Waals surface area contributed by atoms with E-state index in [2.05, 4.69) is 56.3 Å². The van der Waals surface area contributed by atoms with Gasteiger partial charge in [0.2, 0.25) is 5.95 Å². The summed E-state index contributed by atoms with van der Waals surface area (Å²) in [6, 6.07) is 10.7. The van der Waals surface area contributed by atoms with Crippen molar-refractivity contribution in [2.45, 2.75) is 32.4 Å². The number of hydrogen-bond acceptors (Lipinski definition) is 5. The van der Waals surface area contributed by atoms with Crippen LogP contribution in [0.15, 0.2) is 42.7 Å². The number of piperazine rings is 1. The second kappa shape index (κ2) is 9.22. The number of piperidine rings is 1. The summed E-state index contributed by atoms with van der Waals surface area (Å²) in [6.45, 7) is 8.16. The van der Waals surface area contributed by atoms with E-state index in [9.17, 15) is 4.79 Å². The van der Waals surface area contributed by atoms with Crippen LogP contribution in [0.25, 0.3) is 0 Å². The number of urea groups is 1. The molecule has 29 heavy (non-hydrogen) atoms. The van der Waals surface area contributed by atoms with E-state index in [4.69, 9.17) is 0 Å². The van der Waals surface area contributed by atoms with Crippen LogP contribution in [0.1, 0.15) is 24.0 Å². The Labute approximate surface area is 172 Å². The van der Waals surface area contributed by atoms with Gasteiger partial charge in [0.05, 0.1) is 0 Å². The van der Waals surface area contributed by atoms with Crippen molar-refractivity contribution in [1.82, 2.24) is 25.1 Å². The van der Waals surface area contributed by atoms with Crippen molar-refractivity contribution in [3.63, 3.8) is 0 Å². The molecule has 0 bridgehead atoms. The average Bonchev–Trinajstić information content (AvgIpc) is 2.75. The number of aryl methyl sites for hydroxylation is 1. The van der Waals surface area contributed by atoms with E-state index in [-0.39, 0.29) is 12.1 Å². The van der Waals surface area contributed by atoms with E-state index in [1.165, 1.54) is 11.1 Å². The van der Waals surface area contributed by atoms with Gasteiger partial charge < -0.3 is 15.1 Å². The summed E-state index contributed by atoms with van der Waals surface area (Å²) < 4.78 is 0. The summed E-state index contributed by atoms with van der Waals surface area (Å²) in [5.41, 5.74) is 2.64. The van der Waals surface area contributed by atoms with E-state index >= 15 is 0 Å². The molecule has 0 saturated carbocycles. The number of aromatic nitrogens is 2. The molecular formula is C22H30N6O. The molecule has 2 amide bonds. The number of hydrogen-bond donors (Lipinski definition) is 1. The van der Waals surface area contributed by atoms with Gasteiger partial charge in [-0.1, -0.05) is 29.8 Å². The molecular weight excluding hydrogens is 364 g/mol. The quantitative estimate of drug-likeness (QED) is 0.862.